The van der Waals surface area contributed by atoms with Crippen LogP contribution in [0.3, 0.4) is 0 Å². The van der Waals surface area contributed by atoms with Crippen molar-refractivity contribution in [3.05, 3.63) is 35.4 Å². The first kappa shape index (κ1) is 12.6. The average molecular weight is 234 g/mol. The average Bonchev–Trinajstić information content (AvgIpc) is 2.22. The van der Waals surface area contributed by atoms with Crippen LogP contribution in [0.5, 0.6) is 0 Å². The fourth-order valence-corrected chi connectivity index (χ4v) is 2.24. The molecule has 1 atom stereocenters. The van der Waals surface area contributed by atoms with E-state index in [2.05, 4.69) is 45.0 Å². The predicted octanol–water partition coefficient (Wildman–Crippen LogP) is 2.71. The van der Waals surface area contributed by atoms with Gasteiger partial charge in [0, 0.05) is 11.8 Å². The highest BCUT2D eigenvalue weighted by atomic mass is 16.5. The first-order chi connectivity index (χ1) is 8.02. The van der Waals surface area contributed by atoms with Crippen molar-refractivity contribution >= 4 is 0 Å². The summed E-state index contributed by atoms with van der Waals surface area (Å²) in [7, 11) is 0. The molecule has 2 heteroatoms. The molecule has 2 nitrogen and oxygen atoms in total. The molecular formula is C15H22O2. The third-order valence-electron chi connectivity index (χ3n) is 3.63. The molecule has 0 radical (unpaired) electrons. The lowest BCUT2D eigenvalue weighted by molar-refractivity contribution is -0.0527. The van der Waals surface area contributed by atoms with Crippen LogP contribution in [-0.4, -0.2) is 24.9 Å². The van der Waals surface area contributed by atoms with Gasteiger partial charge in [0.25, 0.3) is 0 Å². The summed E-state index contributed by atoms with van der Waals surface area (Å²) >= 11 is 0. The molecule has 0 bridgehead atoms. The number of aliphatic hydroxyl groups excluding tert-OH is 1. The maximum absolute atomic E-state index is 9.49. The fourth-order valence-electron chi connectivity index (χ4n) is 2.24. The molecule has 0 saturated carbocycles. The second kappa shape index (κ2) is 4.79. The van der Waals surface area contributed by atoms with Gasteiger partial charge in [-0.2, -0.15) is 0 Å². The van der Waals surface area contributed by atoms with Gasteiger partial charge in [-0.1, -0.05) is 45.0 Å². The zero-order valence-electron chi connectivity index (χ0n) is 10.9. The Morgan fingerprint density at radius 1 is 1.24 bits per heavy atom. The van der Waals surface area contributed by atoms with E-state index in [1.165, 1.54) is 11.1 Å². The van der Waals surface area contributed by atoms with E-state index >= 15 is 0 Å². The van der Waals surface area contributed by atoms with Crippen LogP contribution in [0.4, 0.5) is 0 Å². The van der Waals surface area contributed by atoms with Gasteiger partial charge in [0.05, 0.1) is 19.8 Å². The van der Waals surface area contributed by atoms with Gasteiger partial charge in [-0.15, -0.1) is 0 Å². The minimum atomic E-state index is 0.187. The molecule has 1 fully saturated rings. The van der Waals surface area contributed by atoms with Crippen LogP contribution in [0.1, 0.15) is 37.8 Å². The van der Waals surface area contributed by atoms with Crippen molar-refractivity contribution in [3.8, 4) is 0 Å². The smallest absolute Gasteiger partial charge is 0.0523 e. The third-order valence-corrected chi connectivity index (χ3v) is 3.63. The van der Waals surface area contributed by atoms with E-state index in [0.717, 1.165) is 13.2 Å². The highest BCUT2D eigenvalue weighted by Gasteiger charge is 2.29. The Morgan fingerprint density at radius 3 is 2.18 bits per heavy atom. The second-order valence-corrected chi connectivity index (χ2v) is 5.96. The highest BCUT2D eigenvalue weighted by Crippen LogP contribution is 2.31. The van der Waals surface area contributed by atoms with Crippen LogP contribution >= 0.6 is 0 Å². The Kier molecular flexibility index (Phi) is 3.55. The van der Waals surface area contributed by atoms with Crippen LogP contribution in [0.25, 0.3) is 0 Å². The SMILES string of the molecule is CC(C)(C)c1ccc(C(CO)C2COC2)cc1. The molecule has 0 spiro atoms. The molecule has 1 aliphatic rings. The van der Waals surface area contributed by atoms with E-state index in [9.17, 15) is 5.11 Å². The van der Waals surface area contributed by atoms with Crippen molar-refractivity contribution in [3.63, 3.8) is 0 Å². The number of rotatable bonds is 3. The Hall–Kier alpha value is -0.860. The maximum Gasteiger partial charge on any atom is 0.0523 e. The summed E-state index contributed by atoms with van der Waals surface area (Å²) in [5, 5.41) is 9.49. The van der Waals surface area contributed by atoms with Crippen LogP contribution in [0, 0.1) is 5.92 Å². The van der Waals surface area contributed by atoms with Crippen molar-refractivity contribution in [2.24, 2.45) is 5.92 Å². The molecule has 0 aliphatic carbocycles. The molecule has 1 N–H and O–H groups in total. The summed E-state index contributed by atoms with van der Waals surface area (Å²) in [6.07, 6.45) is 0. The van der Waals surface area contributed by atoms with Gasteiger partial charge < -0.3 is 9.84 Å². The summed E-state index contributed by atoms with van der Waals surface area (Å²) < 4.78 is 5.21. The van der Waals surface area contributed by atoms with E-state index in [-0.39, 0.29) is 17.9 Å². The molecule has 94 valence electrons. The van der Waals surface area contributed by atoms with Gasteiger partial charge in [-0.05, 0) is 16.5 Å². The van der Waals surface area contributed by atoms with Crippen molar-refractivity contribution in [1.82, 2.24) is 0 Å². The van der Waals surface area contributed by atoms with Gasteiger partial charge in [0.2, 0.25) is 0 Å². The lowest BCUT2D eigenvalue weighted by Gasteiger charge is -2.33. The molecule has 17 heavy (non-hydrogen) atoms. The molecule has 1 aromatic rings. The topological polar surface area (TPSA) is 29.5 Å². The summed E-state index contributed by atoms with van der Waals surface area (Å²) in [5.74, 6) is 0.721. The monoisotopic (exact) mass is 234 g/mol. The molecule has 1 saturated heterocycles. The molecule has 1 aromatic carbocycles. The van der Waals surface area contributed by atoms with Crippen LogP contribution in [0.2, 0.25) is 0 Å². The van der Waals surface area contributed by atoms with Crippen molar-refractivity contribution in [2.75, 3.05) is 19.8 Å². The Balaban J connectivity index is 2.16. The summed E-state index contributed by atoms with van der Waals surface area (Å²) in [6.45, 7) is 8.42. The Bertz CT molecular complexity index is 358. The van der Waals surface area contributed by atoms with Gasteiger partial charge in [0.1, 0.15) is 0 Å². The lowest BCUT2D eigenvalue weighted by atomic mass is 9.82. The van der Waals surface area contributed by atoms with E-state index < -0.39 is 0 Å². The standard InChI is InChI=1S/C15H22O2/c1-15(2,3)13-6-4-11(5-7-13)14(8-16)12-9-17-10-12/h4-7,12,14,16H,8-10H2,1-3H3. The van der Waals surface area contributed by atoms with Gasteiger partial charge >= 0.3 is 0 Å². The highest BCUT2D eigenvalue weighted by molar-refractivity contribution is 5.30. The van der Waals surface area contributed by atoms with Crippen LogP contribution < -0.4 is 0 Å². The third kappa shape index (κ3) is 2.70. The summed E-state index contributed by atoms with van der Waals surface area (Å²) in [4.78, 5) is 0. The minimum Gasteiger partial charge on any atom is -0.396 e. The van der Waals surface area contributed by atoms with E-state index in [4.69, 9.17) is 4.74 Å². The van der Waals surface area contributed by atoms with E-state index in [0.29, 0.717) is 5.92 Å². The first-order valence-corrected chi connectivity index (χ1v) is 6.31. The minimum absolute atomic E-state index is 0.187. The van der Waals surface area contributed by atoms with Gasteiger partial charge in [0.15, 0.2) is 0 Å². The molecule has 1 unspecified atom stereocenters. The maximum atomic E-state index is 9.49. The van der Waals surface area contributed by atoms with Gasteiger partial charge in [-0.3, -0.25) is 0 Å². The van der Waals surface area contributed by atoms with Crippen LogP contribution in [0.15, 0.2) is 24.3 Å². The molecular weight excluding hydrogens is 212 g/mol. The Morgan fingerprint density at radius 2 is 1.82 bits per heavy atom. The molecule has 0 aromatic heterocycles. The van der Waals surface area contributed by atoms with Crippen LogP contribution in [-0.2, 0) is 10.2 Å². The largest absolute Gasteiger partial charge is 0.396 e. The van der Waals surface area contributed by atoms with Gasteiger partial charge in [-0.25, -0.2) is 0 Å². The quantitative estimate of drug-likeness (QED) is 0.871. The number of benzene rings is 1. The van der Waals surface area contributed by atoms with Crippen molar-refractivity contribution in [1.29, 1.82) is 0 Å². The first-order valence-electron chi connectivity index (χ1n) is 6.31. The molecule has 1 aliphatic heterocycles. The lowest BCUT2D eigenvalue weighted by Crippen LogP contribution is -2.34. The number of hydrogen-bond donors (Lipinski definition) is 1. The number of ether oxygens (including phenoxy) is 1. The zero-order valence-corrected chi connectivity index (χ0v) is 10.9. The molecule has 1 heterocycles. The normalized spacial score (nSPS) is 18.8. The second-order valence-electron chi connectivity index (χ2n) is 5.96. The van der Waals surface area contributed by atoms with Crippen molar-refractivity contribution < 1.29 is 9.84 Å². The molecule has 2 rings (SSSR count). The summed E-state index contributed by atoms with van der Waals surface area (Å²) in [6, 6.07) is 8.66. The van der Waals surface area contributed by atoms with E-state index in [1.54, 1.807) is 0 Å². The number of hydrogen-bond acceptors (Lipinski definition) is 2. The Labute approximate surface area is 104 Å². The fraction of sp³-hybridized carbons (Fsp3) is 0.600. The summed E-state index contributed by atoms with van der Waals surface area (Å²) in [5.41, 5.74) is 2.75. The zero-order chi connectivity index (χ0) is 12.5. The number of aliphatic hydroxyl groups is 1. The van der Waals surface area contributed by atoms with E-state index in [1.807, 2.05) is 0 Å². The predicted molar refractivity (Wildman–Crippen MR) is 69.3 cm³/mol. The molecule has 0 amide bonds. The van der Waals surface area contributed by atoms with Crippen molar-refractivity contribution in [2.45, 2.75) is 32.1 Å².